The first-order valence-corrected chi connectivity index (χ1v) is 8.74. The number of nitrogens with one attached hydrogen (secondary N) is 2. The number of hydrogen-bond acceptors (Lipinski definition) is 3. The third-order valence-electron chi connectivity index (χ3n) is 3.23. The summed E-state index contributed by atoms with van der Waals surface area (Å²) in [6, 6.07) is 15.8. The SMILES string of the molecule is CC(=O)Nc1ccc([C@@H](NCc2ccccc2)P(=O)(O)O)cc1. The summed E-state index contributed by atoms with van der Waals surface area (Å²) >= 11 is 0. The Morgan fingerprint density at radius 3 is 2.22 bits per heavy atom. The Balaban J connectivity index is 2.15. The van der Waals surface area contributed by atoms with Gasteiger partial charge in [0.2, 0.25) is 5.91 Å². The molecular formula is C16H19N2O4P. The third kappa shape index (κ3) is 5.30. The molecule has 0 aromatic heterocycles. The van der Waals surface area contributed by atoms with E-state index in [0.29, 0.717) is 17.8 Å². The average molecular weight is 334 g/mol. The van der Waals surface area contributed by atoms with Crippen molar-refractivity contribution in [2.75, 3.05) is 5.32 Å². The molecule has 6 nitrogen and oxygen atoms in total. The normalized spacial score (nSPS) is 12.7. The predicted molar refractivity (Wildman–Crippen MR) is 88.8 cm³/mol. The van der Waals surface area contributed by atoms with Crippen molar-refractivity contribution in [3.05, 3.63) is 65.7 Å². The molecule has 0 saturated heterocycles. The van der Waals surface area contributed by atoms with E-state index < -0.39 is 13.4 Å². The van der Waals surface area contributed by atoms with E-state index in [0.717, 1.165) is 5.56 Å². The largest absolute Gasteiger partial charge is 0.346 e. The number of benzene rings is 2. The molecule has 0 heterocycles. The van der Waals surface area contributed by atoms with Gasteiger partial charge in [-0.05, 0) is 23.3 Å². The van der Waals surface area contributed by atoms with Crippen LogP contribution >= 0.6 is 7.60 Å². The molecule has 122 valence electrons. The molecule has 0 saturated carbocycles. The second-order valence-electron chi connectivity index (χ2n) is 5.16. The minimum absolute atomic E-state index is 0.202. The summed E-state index contributed by atoms with van der Waals surface area (Å²) in [4.78, 5) is 30.2. The van der Waals surface area contributed by atoms with Gasteiger partial charge in [0.1, 0.15) is 5.78 Å². The quantitative estimate of drug-likeness (QED) is 0.609. The lowest BCUT2D eigenvalue weighted by Crippen LogP contribution is -2.21. The lowest BCUT2D eigenvalue weighted by Gasteiger charge is -2.21. The van der Waals surface area contributed by atoms with Crippen molar-refractivity contribution >= 4 is 19.2 Å². The zero-order chi connectivity index (χ0) is 16.9. The molecule has 2 aromatic rings. The van der Waals surface area contributed by atoms with Crippen LogP contribution in [0.3, 0.4) is 0 Å². The molecule has 0 spiro atoms. The fraction of sp³-hybridized carbons (Fsp3) is 0.188. The van der Waals surface area contributed by atoms with E-state index in [4.69, 9.17) is 0 Å². The van der Waals surface area contributed by atoms with Gasteiger partial charge in [-0.2, -0.15) is 0 Å². The van der Waals surface area contributed by atoms with E-state index in [1.165, 1.54) is 6.92 Å². The molecule has 7 heteroatoms. The van der Waals surface area contributed by atoms with Crippen LogP contribution in [0.2, 0.25) is 0 Å². The summed E-state index contributed by atoms with van der Waals surface area (Å²) < 4.78 is 11.8. The average Bonchev–Trinajstić information content (AvgIpc) is 2.48. The van der Waals surface area contributed by atoms with Crippen molar-refractivity contribution in [3.63, 3.8) is 0 Å². The summed E-state index contributed by atoms with van der Waals surface area (Å²) in [6.45, 7) is 1.73. The van der Waals surface area contributed by atoms with Crippen molar-refractivity contribution in [1.82, 2.24) is 5.32 Å². The summed E-state index contributed by atoms with van der Waals surface area (Å²) in [6.07, 6.45) is 0. The fourth-order valence-electron chi connectivity index (χ4n) is 2.19. The third-order valence-corrected chi connectivity index (χ3v) is 4.38. The highest BCUT2D eigenvalue weighted by Gasteiger charge is 2.29. The standard InChI is InChI=1S/C16H19N2O4P/c1-12(19)18-15-9-7-14(8-10-15)16(23(20,21)22)17-11-13-5-3-2-4-6-13/h2-10,16-17H,11H2,1H3,(H,18,19)(H2,20,21,22)/t16-/m0/s1. The number of hydrogen-bond donors (Lipinski definition) is 4. The van der Waals surface area contributed by atoms with Crippen LogP contribution in [0.15, 0.2) is 54.6 Å². The van der Waals surface area contributed by atoms with Gasteiger partial charge in [-0.1, -0.05) is 42.5 Å². The lowest BCUT2D eigenvalue weighted by atomic mass is 10.2. The van der Waals surface area contributed by atoms with Gasteiger partial charge in [0.15, 0.2) is 0 Å². The van der Waals surface area contributed by atoms with Gasteiger partial charge in [-0.15, -0.1) is 0 Å². The maximum absolute atomic E-state index is 11.8. The van der Waals surface area contributed by atoms with E-state index in [-0.39, 0.29) is 5.91 Å². The molecule has 0 unspecified atom stereocenters. The van der Waals surface area contributed by atoms with Gasteiger partial charge >= 0.3 is 7.60 Å². The second kappa shape index (κ2) is 7.53. The van der Waals surface area contributed by atoms with Crippen molar-refractivity contribution in [2.45, 2.75) is 19.3 Å². The van der Waals surface area contributed by atoms with E-state index in [2.05, 4.69) is 10.6 Å². The highest BCUT2D eigenvalue weighted by atomic mass is 31.2. The number of carbonyl (C=O) groups excluding carboxylic acids is 1. The molecule has 2 aromatic carbocycles. The number of anilines is 1. The Morgan fingerprint density at radius 2 is 1.70 bits per heavy atom. The van der Waals surface area contributed by atoms with Crippen LogP contribution in [0.5, 0.6) is 0 Å². The van der Waals surface area contributed by atoms with Gasteiger partial charge in [0, 0.05) is 19.2 Å². The van der Waals surface area contributed by atoms with Crippen LogP contribution in [0.4, 0.5) is 5.69 Å². The molecule has 1 amide bonds. The first kappa shape index (κ1) is 17.4. The van der Waals surface area contributed by atoms with Crippen molar-refractivity contribution < 1.29 is 19.1 Å². The number of rotatable bonds is 6. The van der Waals surface area contributed by atoms with Gasteiger partial charge in [0.05, 0.1) is 0 Å². The van der Waals surface area contributed by atoms with Crippen LogP contribution in [0.25, 0.3) is 0 Å². The van der Waals surface area contributed by atoms with Crippen LogP contribution in [0.1, 0.15) is 23.8 Å². The summed E-state index contributed by atoms with van der Waals surface area (Å²) in [5, 5.41) is 5.52. The highest BCUT2D eigenvalue weighted by Crippen LogP contribution is 2.50. The maximum atomic E-state index is 11.8. The minimum atomic E-state index is -4.38. The maximum Gasteiger partial charge on any atom is 0.346 e. The summed E-state index contributed by atoms with van der Waals surface area (Å²) in [5.41, 5.74) is 1.97. The molecule has 23 heavy (non-hydrogen) atoms. The topological polar surface area (TPSA) is 98.7 Å². The Bertz CT molecular complexity index is 698. The molecule has 0 bridgehead atoms. The molecule has 0 aliphatic rings. The molecule has 0 radical (unpaired) electrons. The Labute approximate surface area is 134 Å². The fourth-order valence-corrected chi connectivity index (χ4v) is 3.08. The van der Waals surface area contributed by atoms with E-state index >= 15 is 0 Å². The molecule has 2 rings (SSSR count). The zero-order valence-electron chi connectivity index (χ0n) is 12.6. The molecular weight excluding hydrogens is 315 g/mol. The van der Waals surface area contributed by atoms with Crippen molar-refractivity contribution in [1.29, 1.82) is 0 Å². The van der Waals surface area contributed by atoms with Gasteiger partial charge < -0.3 is 15.1 Å². The Hall–Kier alpha value is -1.98. The van der Waals surface area contributed by atoms with E-state index in [9.17, 15) is 19.1 Å². The molecule has 4 N–H and O–H groups in total. The molecule has 0 aliphatic carbocycles. The van der Waals surface area contributed by atoms with E-state index in [1.54, 1.807) is 24.3 Å². The number of carbonyl (C=O) groups is 1. The Morgan fingerprint density at radius 1 is 1.09 bits per heavy atom. The lowest BCUT2D eigenvalue weighted by molar-refractivity contribution is -0.114. The minimum Gasteiger partial charge on any atom is -0.326 e. The van der Waals surface area contributed by atoms with Gasteiger partial charge in [-0.3, -0.25) is 14.7 Å². The molecule has 1 atom stereocenters. The summed E-state index contributed by atoms with van der Waals surface area (Å²) in [7, 11) is -4.38. The van der Waals surface area contributed by atoms with Crippen molar-refractivity contribution in [2.24, 2.45) is 0 Å². The highest BCUT2D eigenvalue weighted by molar-refractivity contribution is 7.52. The van der Waals surface area contributed by atoms with Crippen LogP contribution in [0, 0.1) is 0 Å². The van der Waals surface area contributed by atoms with Crippen LogP contribution < -0.4 is 10.6 Å². The first-order valence-electron chi connectivity index (χ1n) is 7.06. The predicted octanol–water partition coefficient (Wildman–Crippen LogP) is 2.61. The first-order chi connectivity index (χ1) is 10.9. The Kier molecular flexibility index (Phi) is 5.69. The second-order valence-corrected chi connectivity index (χ2v) is 6.86. The molecule has 0 aliphatic heterocycles. The van der Waals surface area contributed by atoms with Gasteiger partial charge in [-0.25, -0.2) is 0 Å². The summed E-state index contributed by atoms with van der Waals surface area (Å²) in [5.74, 6) is -1.31. The van der Waals surface area contributed by atoms with Crippen LogP contribution in [-0.2, 0) is 15.9 Å². The molecule has 0 fully saturated rings. The van der Waals surface area contributed by atoms with Crippen LogP contribution in [-0.4, -0.2) is 15.7 Å². The smallest absolute Gasteiger partial charge is 0.326 e. The van der Waals surface area contributed by atoms with Crippen molar-refractivity contribution in [3.8, 4) is 0 Å². The monoisotopic (exact) mass is 334 g/mol. The van der Waals surface area contributed by atoms with E-state index in [1.807, 2.05) is 30.3 Å². The number of amides is 1. The zero-order valence-corrected chi connectivity index (χ0v) is 13.5. The van der Waals surface area contributed by atoms with Gasteiger partial charge in [0.25, 0.3) is 0 Å².